The summed E-state index contributed by atoms with van der Waals surface area (Å²) in [5, 5.41) is 3.94. The van der Waals surface area contributed by atoms with E-state index in [9.17, 15) is 4.79 Å². The number of hydrogen-bond acceptors (Lipinski definition) is 4. The second-order valence-electron chi connectivity index (χ2n) is 5.39. The summed E-state index contributed by atoms with van der Waals surface area (Å²) in [5.74, 6) is 0.649. The Morgan fingerprint density at radius 3 is 2.60 bits per heavy atom. The van der Waals surface area contributed by atoms with Crippen molar-refractivity contribution in [3.05, 3.63) is 87.0 Å². The zero-order valence-corrected chi connectivity index (χ0v) is 15.4. The van der Waals surface area contributed by atoms with Gasteiger partial charge in [-0.25, -0.2) is 4.98 Å². The summed E-state index contributed by atoms with van der Waals surface area (Å²) in [7, 11) is 0. The van der Waals surface area contributed by atoms with E-state index in [1.165, 1.54) is 23.1 Å². The Morgan fingerprint density at radius 1 is 1.04 bits per heavy atom. The number of fused-ring (bicyclic) bond motifs is 1. The van der Waals surface area contributed by atoms with Crippen LogP contribution in [0.2, 0.25) is 5.02 Å². The number of rotatable bonds is 4. The highest BCUT2D eigenvalue weighted by Crippen LogP contribution is 2.28. The minimum atomic E-state index is -0.0425. The number of para-hydroxylation sites is 1. The summed E-state index contributed by atoms with van der Waals surface area (Å²) < 4.78 is 1.68. The highest BCUT2D eigenvalue weighted by Gasteiger charge is 2.14. The molecule has 0 fully saturated rings. The molecule has 0 atom stereocenters. The first-order valence-corrected chi connectivity index (χ1v) is 9.90. The van der Waals surface area contributed by atoms with Gasteiger partial charge in [0.2, 0.25) is 0 Å². The predicted octanol–water partition coefficient (Wildman–Crippen LogP) is 5.39. The van der Waals surface area contributed by atoms with Gasteiger partial charge in [-0.1, -0.05) is 59.8 Å². The minimum absolute atomic E-state index is 0.0425. The van der Waals surface area contributed by atoms with E-state index in [1.54, 1.807) is 4.57 Å². The van der Waals surface area contributed by atoms with Gasteiger partial charge in [0.1, 0.15) is 4.83 Å². The number of aromatic nitrogens is 2. The van der Waals surface area contributed by atoms with Crippen LogP contribution >= 0.6 is 34.7 Å². The summed E-state index contributed by atoms with van der Waals surface area (Å²) in [6, 6.07) is 19.2. The molecule has 0 amide bonds. The summed E-state index contributed by atoms with van der Waals surface area (Å²) in [5.41, 5.74) is 1.79. The number of halogens is 1. The molecule has 0 aliphatic heterocycles. The molecule has 0 radical (unpaired) electrons. The van der Waals surface area contributed by atoms with Crippen LogP contribution in [0.15, 0.2) is 76.0 Å². The molecule has 124 valence electrons. The van der Waals surface area contributed by atoms with Gasteiger partial charge in [-0.15, -0.1) is 11.3 Å². The highest BCUT2D eigenvalue weighted by atomic mass is 35.5. The van der Waals surface area contributed by atoms with Crippen LogP contribution in [0.5, 0.6) is 0 Å². The molecule has 2 aromatic heterocycles. The van der Waals surface area contributed by atoms with E-state index >= 15 is 0 Å². The molecule has 0 saturated heterocycles. The van der Waals surface area contributed by atoms with Crippen molar-refractivity contribution in [2.24, 2.45) is 0 Å². The van der Waals surface area contributed by atoms with Gasteiger partial charge in [0.25, 0.3) is 5.56 Å². The Hall–Kier alpha value is -2.08. The Labute approximate surface area is 157 Å². The van der Waals surface area contributed by atoms with Gasteiger partial charge in [0.15, 0.2) is 5.16 Å². The second kappa shape index (κ2) is 7.04. The summed E-state index contributed by atoms with van der Waals surface area (Å²) >= 11 is 9.25. The van der Waals surface area contributed by atoms with Crippen molar-refractivity contribution in [1.29, 1.82) is 0 Å². The van der Waals surface area contributed by atoms with Crippen molar-refractivity contribution in [1.82, 2.24) is 9.55 Å². The molecular formula is C19H13ClN2OS2. The number of thioether (sulfide) groups is 1. The van der Waals surface area contributed by atoms with Gasteiger partial charge < -0.3 is 0 Å². The van der Waals surface area contributed by atoms with Crippen molar-refractivity contribution in [2.75, 3.05) is 0 Å². The summed E-state index contributed by atoms with van der Waals surface area (Å²) in [6.45, 7) is 0. The van der Waals surface area contributed by atoms with Gasteiger partial charge in [-0.05, 0) is 35.2 Å². The molecule has 3 nitrogen and oxygen atoms in total. The fourth-order valence-electron chi connectivity index (χ4n) is 2.55. The number of thiophene rings is 1. The quantitative estimate of drug-likeness (QED) is 0.349. The maximum atomic E-state index is 13.0. The van der Waals surface area contributed by atoms with Crippen LogP contribution in [0.3, 0.4) is 0 Å². The first-order chi connectivity index (χ1) is 12.2. The zero-order chi connectivity index (χ0) is 17.2. The third-order valence-electron chi connectivity index (χ3n) is 3.80. The van der Waals surface area contributed by atoms with Crippen LogP contribution in [-0.4, -0.2) is 9.55 Å². The average Bonchev–Trinajstić information content (AvgIpc) is 3.11. The largest absolute Gasteiger partial charge is 0.268 e. The molecule has 4 aromatic rings. The molecule has 4 rings (SSSR count). The monoisotopic (exact) mass is 384 g/mol. The number of nitrogens with zero attached hydrogens (tertiary/aromatic N) is 2. The Bertz CT molecular complexity index is 1090. The van der Waals surface area contributed by atoms with Crippen molar-refractivity contribution in [2.45, 2.75) is 10.9 Å². The molecule has 0 bridgehead atoms. The molecule has 2 aromatic carbocycles. The fraction of sp³-hybridized carbons (Fsp3) is 0.0526. The topological polar surface area (TPSA) is 34.9 Å². The van der Waals surface area contributed by atoms with Gasteiger partial charge in [-0.3, -0.25) is 9.36 Å². The molecule has 0 saturated carbocycles. The normalized spacial score (nSPS) is 11.1. The van der Waals surface area contributed by atoms with Gasteiger partial charge in [0, 0.05) is 10.8 Å². The third kappa shape index (κ3) is 3.23. The molecule has 0 aliphatic rings. The van der Waals surface area contributed by atoms with Crippen LogP contribution in [0.4, 0.5) is 0 Å². The lowest BCUT2D eigenvalue weighted by Crippen LogP contribution is -2.21. The Balaban J connectivity index is 1.82. The Morgan fingerprint density at radius 2 is 1.80 bits per heavy atom. The Kier molecular flexibility index (Phi) is 4.61. The maximum absolute atomic E-state index is 13.0. The first kappa shape index (κ1) is 16.4. The van der Waals surface area contributed by atoms with E-state index in [0.29, 0.717) is 16.3 Å². The standard InChI is InChI=1S/C19H13ClN2OS2/c20-16-9-5-4-6-13(16)12-25-19-21-17-15(10-11-24-17)18(23)22(19)14-7-2-1-3-8-14/h1-11H,12H2. The fourth-order valence-corrected chi connectivity index (χ4v) is 4.66. The van der Waals surface area contributed by atoms with Crippen molar-refractivity contribution >= 4 is 44.9 Å². The minimum Gasteiger partial charge on any atom is -0.268 e. The predicted molar refractivity (Wildman–Crippen MR) is 106 cm³/mol. The molecule has 2 heterocycles. The smallest absolute Gasteiger partial charge is 0.267 e. The van der Waals surface area contributed by atoms with E-state index in [4.69, 9.17) is 16.6 Å². The lowest BCUT2D eigenvalue weighted by Gasteiger charge is -2.12. The van der Waals surface area contributed by atoms with E-state index in [0.717, 1.165) is 21.1 Å². The van der Waals surface area contributed by atoms with E-state index < -0.39 is 0 Å². The SMILES string of the molecule is O=c1c2ccsc2nc(SCc2ccccc2Cl)n1-c1ccccc1. The molecule has 0 unspecified atom stereocenters. The van der Waals surface area contributed by atoms with Crippen LogP contribution < -0.4 is 5.56 Å². The molecule has 6 heteroatoms. The number of hydrogen-bond donors (Lipinski definition) is 0. The average molecular weight is 385 g/mol. The molecule has 0 aliphatic carbocycles. The van der Waals surface area contributed by atoms with Crippen LogP contribution in [0, 0.1) is 0 Å². The highest BCUT2D eigenvalue weighted by molar-refractivity contribution is 7.98. The van der Waals surface area contributed by atoms with Crippen molar-refractivity contribution < 1.29 is 0 Å². The van der Waals surface area contributed by atoms with Crippen LogP contribution in [0.1, 0.15) is 5.56 Å². The second-order valence-corrected chi connectivity index (χ2v) is 7.63. The summed E-state index contributed by atoms with van der Waals surface area (Å²) in [4.78, 5) is 18.5. The summed E-state index contributed by atoms with van der Waals surface area (Å²) in [6.07, 6.45) is 0. The molecule has 0 spiro atoms. The zero-order valence-electron chi connectivity index (χ0n) is 13.1. The van der Waals surface area contributed by atoms with Gasteiger partial charge >= 0.3 is 0 Å². The van der Waals surface area contributed by atoms with E-state index in [-0.39, 0.29) is 5.56 Å². The van der Waals surface area contributed by atoms with E-state index in [1.807, 2.05) is 66.0 Å². The third-order valence-corrected chi connectivity index (χ3v) is 5.96. The van der Waals surface area contributed by atoms with Crippen molar-refractivity contribution in [3.8, 4) is 5.69 Å². The van der Waals surface area contributed by atoms with Crippen molar-refractivity contribution in [3.63, 3.8) is 0 Å². The first-order valence-electron chi connectivity index (χ1n) is 7.66. The molecular weight excluding hydrogens is 372 g/mol. The maximum Gasteiger partial charge on any atom is 0.267 e. The number of benzene rings is 2. The van der Waals surface area contributed by atoms with Crippen LogP contribution in [0.25, 0.3) is 15.9 Å². The van der Waals surface area contributed by atoms with E-state index in [2.05, 4.69) is 0 Å². The van der Waals surface area contributed by atoms with Crippen LogP contribution in [-0.2, 0) is 5.75 Å². The molecule has 0 N–H and O–H groups in total. The molecule has 25 heavy (non-hydrogen) atoms. The van der Waals surface area contributed by atoms with Gasteiger partial charge in [-0.2, -0.15) is 0 Å². The lowest BCUT2D eigenvalue weighted by atomic mass is 10.2. The lowest BCUT2D eigenvalue weighted by molar-refractivity contribution is 0.822. The van der Waals surface area contributed by atoms with Gasteiger partial charge in [0.05, 0.1) is 11.1 Å².